The minimum Gasteiger partial charge on any atom is -0.497 e. The standard InChI is InChI=1S/C22H23NO3/c1-26-15-9-5-8-14(12-15)23-21(24)19-16-10-11-17(20(19)22(23)25)18(16)13-6-3-2-4-7-13/h5,8-12,16-17,19-20H,2-4,6-7H2,1H3/t16-,17-,19-,20+/m0/s1. The summed E-state index contributed by atoms with van der Waals surface area (Å²) in [5.41, 5.74) is 3.56. The number of imide groups is 1. The van der Waals surface area contributed by atoms with Gasteiger partial charge in [-0.25, -0.2) is 4.90 Å². The molecule has 0 N–H and O–H groups in total. The van der Waals surface area contributed by atoms with E-state index < -0.39 is 0 Å². The van der Waals surface area contributed by atoms with Crippen molar-refractivity contribution in [1.29, 1.82) is 0 Å². The van der Waals surface area contributed by atoms with Gasteiger partial charge in [-0.05, 0) is 37.8 Å². The molecule has 0 unspecified atom stereocenters. The first kappa shape index (κ1) is 15.9. The molecule has 2 saturated carbocycles. The molecule has 4 aliphatic rings. The van der Waals surface area contributed by atoms with Gasteiger partial charge in [0.2, 0.25) is 11.8 Å². The number of rotatable bonds is 2. The molecule has 5 rings (SSSR count). The van der Waals surface area contributed by atoms with Gasteiger partial charge in [-0.15, -0.1) is 0 Å². The van der Waals surface area contributed by atoms with Crippen LogP contribution in [0.1, 0.15) is 32.1 Å². The highest BCUT2D eigenvalue weighted by Gasteiger charge is 2.62. The van der Waals surface area contributed by atoms with E-state index in [-0.39, 0.29) is 35.5 Å². The van der Waals surface area contributed by atoms with Crippen LogP contribution in [0.4, 0.5) is 5.69 Å². The number of fused-ring (bicyclic) bond motifs is 5. The lowest BCUT2D eigenvalue weighted by atomic mass is 9.85. The molecule has 1 saturated heterocycles. The number of hydrogen-bond donors (Lipinski definition) is 0. The first-order valence-corrected chi connectivity index (χ1v) is 9.62. The summed E-state index contributed by atoms with van der Waals surface area (Å²) in [6, 6.07) is 7.24. The van der Waals surface area contributed by atoms with Gasteiger partial charge in [-0.2, -0.15) is 0 Å². The summed E-state index contributed by atoms with van der Waals surface area (Å²) in [4.78, 5) is 27.8. The third-order valence-electron chi connectivity index (χ3n) is 6.59. The van der Waals surface area contributed by atoms with E-state index in [9.17, 15) is 9.59 Å². The number of hydrogen-bond acceptors (Lipinski definition) is 3. The van der Waals surface area contributed by atoms with Crippen molar-refractivity contribution in [3.05, 3.63) is 47.6 Å². The second kappa shape index (κ2) is 5.83. The third-order valence-corrected chi connectivity index (χ3v) is 6.59. The van der Waals surface area contributed by atoms with Gasteiger partial charge >= 0.3 is 0 Å². The number of ether oxygens (including phenoxy) is 1. The monoisotopic (exact) mass is 349 g/mol. The lowest BCUT2D eigenvalue weighted by Gasteiger charge is -2.23. The summed E-state index contributed by atoms with van der Waals surface area (Å²) in [6.45, 7) is 0. The average molecular weight is 349 g/mol. The molecule has 4 atom stereocenters. The van der Waals surface area contributed by atoms with Crippen LogP contribution < -0.4 is 9.64 Å². The predicted molar refractivity (Wildman–Crippen MR) is 98.7 cm³/mol. The number of carbonyl (C=O) groups excluding carboxylic acids is 2. The first-order chi connectivity index (χ1) is 12.7. The summed E-state index contributed by atoms with van der Waals surface area (Å²) < 4.78 is 5.26. The Bertz CT molecular complexity index is 811. The zero-order valence-corrected chi connectivity index (χ0v) is 15.0. The average Bonchev–Trinajstić information content (AvgIpc) is 3.32. The molecule has 0 aromatic heterocycles. The Balaban J connectivity index is 1.52. The minimum atomic E-state index is -0.215. The summed E-state index contributed by atoms with van der Waals surface area (Å²) >= 11 is 0. The first-order valence-electron chi connectivity index (χ1n) is 9.62. The number of benzene rings is 1. The van der Waals surface area contributed by atoms with Gasteiger partial charge in [0.15, 0.2) is 0 Å². The maximum Gasteiger partial charge on any atom is 0.238 e. The molecule has 0 radical (unpaired) electrons. The van der Waals surface area contributed by atoms with Crippen LogP contribution in [0.5, 0.6) is 5.75 Å². The van der Waals surface area contributed by atoms with Crippen LogP contribution in [0.15, 0.2) is 47.6 Å². The minimum absolute atomic E-state index is 0.0426. The summed E-state index contributed by atoms with van der Waals surface area (Å²) in [7, 11) is 1.59. The Morgan fingerprint density at radius 1 is 0.962 bits per heavy atom. The van der Waals surface area contributed by atoms with Crippen molar-refractivity contribution >= 4 is 17.5 Å². The van der Waals surface area contributed by atoms with Crippen molar-refractivity contribution in [2.45, 2.75) is 32.1 Å². The van der Waals surface area contributed by atoms with Crippen LogP contribution in [0.3, 0.4) is 0 Å². The van der Waals surface area contributed by atoms with E-state index in [1.807, 2.05) is 18.2 Å². The maximum atomic E-state index is 13.2. The lowest BCUT2D eigenvalue weighted by Crippen LogP contribution is -2.33. The van der Waals surface area contributed by atoms with Gasteiger partial charge in [0.1, 0.15) is 5.75 Å². The van der Waals surface area contributed by atoms with E-state index in [0.29, 0.717) is 11.4 Å². The van der Waals surface area contributed by atoms with E-state index in [0.717, 1.165) is 12.8 Å². The number of amides is 2. The Morgan fingerprint density at radius 2 is 1.62 bits per heavy atom. The van der Waals surface area contributed by atoms with Crippen molar-refractivity contribution in [3.63, 3.8) is 0 Å². The van der Waals surface area contributed by atoms with Crippen molar-refractivity contribution in [1.82, 2.24) is 0 Å². The quantitative estimate of drug-likeness (QED) is 0.601. The molecule has 1 aromatic rings. The van der Waals surface area contributed by atoms with E-state index in [1.54, 1.807) is 13.2 Å². The summed E-state index contributed by atoms with van der Waals surface area (Å²) in [5.74, 6) is 0.404. The van der Waals surface area contributed by atoms with Gasteiger partial charge in [-0.3, -0.25) is 9.59 Å². The Kier molecular flexibility index (Phi) is 3.56. The SMILES string of the molecule is COc1cccc(N2C(=O)[C@@H]3[C@H](C2=O)[C@H]2C=C[C@H]3C2=C2CCCCC2)c1. The molecule has 3 aliphatic carbocycles. The molecule has 1 aliphatic heterocycles. The fourth-order valence-electron chi connectivity index (χ4n) is 5.51. The van der Waals surface area contributed by atoms with E-state index >= 15 is 0 Å². The number of nitrogens with zero attached hydrogens (tertiary/aromatic N) is 1. The normalized spacial score (nSPS) is 32.6. The maximum absolute atomic E-state index is 13.2. The van der Waals surface area contributed by atoms with Crippen molar-refractivity contribution < 1.29 is 14.3 Å². The van der Waals surface area contributed by atoms with Crippen molar-refractivity contribution in [2.24, 2.45) is 23.7 Å². The molecule has 1 aromatic carbocycles. The molecular formula is C22H23NO3. The zero-order valence-electron chi connectivity index (χ0n) is 15.0. The van der Waals surface area contributed by atoms with Crippen LogP contribution in [0, 0.1) is 23.7 Å². The van der Waals surface area contributed by atoms with Gasteiger partial charge in [-0.1, -0.05) is 35.8 Å². The molecule has 3 fully saturated rings. The largest absolute Gasteiger partial charge is 0.497 e. The molecule has 2 amide bonds. The molecule has 4 nitrogen and oxygen atoms in total. The molecule has 2 bridgehead atoms. The second-order valence-electron chi connectivity index (χ2n) is 7.82. The lowest BCUT2D eigenvalue weighted by molar-refractivity contribution is -0.122. The number of methoxy groups -OCH3 is 1. The van der Waals surface area contributed by atoms with Gasteiger partial charge in [0.25, 0.3) is 0 Å². The number of anilines is 1. The van der Waals surface area contributed by atoms with Crippen LogP contribution in [0.25, 0.3) is 0 Å². The molecule has 134 valence electrons. The zero-order chi connectivity index (χ0) is 17.8. The molecular weight excluding hydrogens is 326 g/mol. The van der Waals surface area contributed by atoms with Crippen molar-refractivity contribution in [2.75, 3.05) is 12.0 Å². The fraction of sp³-hybridized carbons (Fsp3) is 0.455. The Labute approximate surface area is 153 Å². The van der Waals surface area contributed by atoms with Crippen LogP contribution >= 0.6 is 0 Å². The highest BCUT2D eigenvalue weighted by molar-refractivity contribution is 6.23. The molecule has 4 heteroatoms. The smallest absolute Gasteiger partial charge is 0.238 e. The molecule has 26 heavy (non-hydrogen) atoms. The van der Waals surface area contributed by atoms with E-state index in [2.05, 4.69) is 12.2 Å². The number of allylic oxidation sites excluding steroid dienone is 4. The topological polar surface area (TPSA) is 46.6 Å². The van der Waals surface area contributed by atoms with Crippen molar-refractivity contribution in [3.8, 4) is 5.75 Å². The number of carbonyl (C=O) groups is 2. The Hall–Kier alpha value is -2.36. The van der Waals surface area contributed by atoms with Gasteiger partial charge in [0, 0.05) is 17.9 Å². The summed E-state index contributed by atoms with van der Waals surface area (Å²) in [5, 5.41) is 0. The van der Waals surface area contributed by atoms with Gasteiger partial charge < -0.3 is 4.74 Å². The highest BCUT2D eigenvalue weighted by Crippen LogP contribution is 2.58. The molecule has 1 heterocycles. The Morgan fingerprint density at radius 3 is 2.23 bits per heavy atom. The third kappa shape index (κ3) is 2.08. The van der Waals surface area contributed by atoms with E-state index in [1.165, 1.54) is 35.3 Å². The predicted octanol–water partition coefficient (Wildman–Crippen LogP) is 3.88. The van der Waals surface area contributed by atoms with Crippen LogP contribution in [-0.4, -0.2) is 18.9 Å². The second-order valence-corrected chi connectivity index (χ2v) is 7.82. The summed E-state index contributed by atoms with van der Waals surface area (Å²) in [6.07, 6.45) is 10.4. The van der Waals surface area contributed by atoms with E-state index in [4.69, 9.17) is 4.74 Å². The fourth-order valence-corrected chi connectivity index (χ4v) is 5.51. The molecule has 0 spiro atoms. The van der Waals surface area contributed by atoms with Crippen LogP contribution in [-0.2, 0) is 9.59 Å². The van der Waals surface area contributed by atoms with Crippen LogP contribution in [0.2, 0.25) is 0 Å². The van der Waals surface area contributed by atoms with Gasteiger partial charge in [0.05, 0.1) is 24.6 Å². The highest BCUT2D eigenvalue weighted by atomic mass is 16.5.